The van der Waals surface area contributed by atoms with Gasteiger partial charge in [-0.2, -0.15) is 5.10 Å². The zero-order chi connectivity index (χ0) is 23.4. The maximum absolute atomic E-state index is 12.7. The molecule has 8 heteroatoms. The molecule has 1 aliphatic carbocycles. The van der Waals surface area contributed by atoms with E-state index in [-0.39, 0.29) is 11.7 Å². The summed E-state index contributed by atoms with van der Waals surface area (Å²) in [7, 11) is 0. The number of hydrogen-bond acceptors (Lipinski definition) is 5. The standard InChI is InChI=1S/C25H24N4O4/c1-15-11-13-18(14-12-15)24(31)27-26-19-9-6-10-20-21(19)16(2)22(33-20)25(32)29-28-23(30)17-7-4-3-5-8-17/h3-5,7-8,11-14H,6,9-10H2,1-2H3,(H,27,31)(H,28,30)(H,29,32)/b26-19+. The number of hydrazone groups is 1. The van der Waals surface area contributed by atoms with Crippen LogP contribution in [0.25, 0.3) is 0 Å². The number of carbonyl (C=O) groups excluding carboxylic acids is 3. The van der Waals surface area contributed by atoms with Gasteiger partial charge in [-0.15, -0.1) is 0 Å². The molecule has 0 aliphatic heterocycles. The fourth-order valence-corrected chi connectivity index (χ4v) is 3.72. The molecule has 1 heterocycles. The van der Waals surface area contributed by atoms with E-state index in [0.717, 1.165) is 17.5 Å². The summed E-state index contributed by atoms with van der Waals surface area (Å²) < 4.78 is 5.81. The molecular formula is C25H24N4O4. The molecule has 3 aromatic rings. The van der Waals surface area contributed by atoms with Crippen molar-refractivity contribution in [2.75, 3.05) is 0 Å². The lowest BCUT2D eigenvalue weighted by atomic mass is 9.93. The molecule has 3 amide bonds. The van der Waals surface area contributed by atoms with Gasteiger partial charge in [-0.3, -0.25) is 25.2 Å². The first-order valence-corrected chi connectivity index (χ1v) is 10.7. The number of rotatable bonds is 4. The van der Waals surface area contributed by atoms with Crippen molar-refractivity contribution in [3.8, 4) is 0 Å². The summed E-state index contributed by atoms with van der Waals surface area (Å²) in [6.07, 6.45) is 2.09. The first-order valence-electron chi connectivity index (χ1n) is 10.7. The van der Waals surface area contributed by atoms with E-state index in [1.165, 1.54) is 0 Å². The van der Waals surface area contributed by atoms with Crippen LogP contribution in [0.4, 0.5) is 0 Å². The first-order chi connectivity index (χ1) is 15.9. The molecule has 2 aromatic carbocycles. The second-order valence-electron chi connectivity index (χ2n) is 7.85. The minimum absolute atomic E-state index is 0.104. The molecule has 0 saturated carbocycles. The molecule has 0 unspecified atom stereocenters. The molecular weight excluding hydrogens is 420 g/mol. The van der Waals surface area contributed by atoms with Crippen molar-refractivity contribution in [2.24, 2.45) is 5.10 Å². The molecule has 1 aliphatic rings. The maximum atomic E-state index is 12.7. The lowest BCUT2D eigenvalue weighted by molar-refractivity contribution is 0.0829. The van der Waals surface area contributed by atoms with Crippen LogP contribution in [0, 0.1) is 13.8 Å². The molecule has 0 fully saturated rings. The van der Waals surface area contributed by atoms with Crippen LogP contribution in [0.15, 0.2) is 64.1 Å². The molecule has 1 aromatic heterocycles. The number of fused-ring (bicyclic) bond motifs is 1. The van der Waals surface area contributed by atoms with Gasteiger partial charge in [0.15, 0.2) is 5.76 Å². The Balaban J connectivity index is 1.48. The molecule has 0 radical (unpaired) electrons. The minimum Gasteiger partial charge on any atom is -0.455 e. The van der Waals surface area contributed by atoms with E-state index in [1.54, 1.807) is 49.4 Å². The van der Waals surface area contributed by atoms with Gasteiger partial charge in [0.25, 0.3) is 11.8 Å². The van der Waals surface area contributed by atoms with Crippen molar-refractivity contribution < 1.29 is 18.8 Å². The van der Waals surface area contributed by atoms with Crippen LogP contribution in [-0.4, -0.2) is 23.4 Å². The number of aryl methyl sites for hydroxylation is 2. The number of amides is 3. The van der Waals surface area contributed by atoms with Gasteiger partial charge in [0, 0.05) is 28.7 Å². The molecule has 0 bridgehead atoms. The Labute approximate surface area is 191 Å². The SMILES string of the molecule is Cc1ccc(C(=O)N/N=C2\CCCc3oc(C(=O)NNC(=O)c4ccccc4)c(C)c32)cc1. The summed E-state index contributed by atoms with van der Waals surface area (Å²) >= 11 is 0. The molecule has 0 saturated heterocycles. The van der Waals surface area contributed by atoms with Crippen molar-refractivity contribution in [2.45, 2.75) is 33.1 Å². The van der Waals surface area contributed by atoms with E-state index in [9.17, 15) is 14.4 Å². The topological polar surface area (TPSA) is 113 Å². The number of benzene rings is 2. The van der Waals surface area contributed by atoms with Gasteiger partial charge in [-0.1, -0.05) is 35.9 Å². The number of hydrogen-bond donors (Lipinski definition) is 3. The van der Waals surface area contributed by atoms with Crippen molar-refractivity contribution in [1.29, 1.82) is 0 Å². The van der Waals surface area contributed by atoms with E-state index in [4.69, 9.17) is 4.42 Å². The van der Waals surface area contributed by atoms with E-state index in [0.29, 0.717) is 41.0 Å². The van der Waals surface area contributed by atoms with Crippen LogP contribution in [0.2, 0.25) is 0 Å². The quantitative estimate of drug-likeness (QED) is 0.535. The molecule has 0 spiro atoms. The highest BCUT2D eigenvalue weighted by Crippen LogP contribution is 2.29. The molecule has 3 N–H and O–H groups in total. The summed E-state index contributed by atoms with van der Waals surface area (Å²) in [5.74, 6) is -0.556. The first kappa shape index (κ1) is 22.0. The molecule has 4 rings (SSSR count). The van der Waals surface area contributed by atoms with Crippen molar-refractivity contribution in [3.63, 3.8) is 0 Å². The highest BCUT2D eigenvalue weighted by Gasteiger charge is 2.28. The monoisotopic (exact) mass is 444 g/mol. The van der Waals surface area contributed by atoms with E-state index in [1.807, 2.05) is 19.1 Å². The second-order valence-corrected chi connectivity index (χ2v) is 7.85. The van der Waals surface area contributed by atoms with E-state index >= 15 is 0 Å². The smallest absolute Gasteiger partial charge is 0.305 e. The minimum atomic E-state index is -0.561. The number of carbonyl (C=O) groups is 3. The molecule has 0 atom stereocenters. The lowest BCUT2D eigenvalue weighted by Gasteiger charge is -2.13. The third-order valence-electron chi connectivity index (χ3n) is 5.46. The Morgan fingerprint density at radius 2 is 1.48 bits per heavy atom. The highest BCUT2D eigenvalue weighted by molar-refractivity contribution is 6.07. The predicted molar refractivity (Wildman–Crippen MR) is 123 cm³/mol. The molecule has 168 valence electrons. The van der Waals surface area contributed by atoms with Gasteiger partial charge in [0.2, 0.25) is 0 Å². The Morgan fingerprint density at radius 1 is 0.818 bits per heavy atom. The van der Waals surface area contributed by atoms with Gasteiger partial charge in [0.05, 0.1) is 5.71 Å². The molecule has 8 nitrogen and oxygen atoms in total. The Bertz CT molecular complexity index is 1230. The number of nitrogens with one attached hydrogen (secondary N) is 3. The van der Waals surface area contributed by atoms with Crippen LogP contribution >= 0.6 is 0 Å². The fraction of sp³-hybridized carbons (Fsp3) is 0.200. The largest absolute Gasteiger partial charge is 0.455 e. The predicted octanol–water partition coefficient (Wildman–Crippen LogP) is 3.44. The lowest BCUT2D eigenvalue weighted by Crippen LogP contribution is -2.41. The summed E-state index contributed by atoms with van der Waals surface area (Å²) in [6, 6.07) is 15.8. The summed E-state index contributed by atoms with van der Waals surface area (Å²) in [5.41, 5.74) is 11.4. The fourth-order valence-electron chi connectivity index (χ4n) is 3.72. The van der Waals surface area contributed by atoms with Gasteiger partial charge in [0.1, 0.15) is 5.76 Å². The van der Waals surface area contributed by atoms with Gasteiger partial charge in [-0.05, 0) is 51.0 Å². The van der Waals surface area contributed by atoms with Gasteiger partial charge < -0.3 is 4.42 Å². The normalized spacial score (nSPS) is 13.8. The third kappa shape index (κ3) is 4.85. The maximum Gasteiger partial charge on any atom is 0.305 e. The number of nitrogens with zero attached hydrogens (tertiary/aromatic N) is 1. The van der Waals surface area contributed by atoms with Crippen LogP contribution in [0.5, 0.6) is 0 Å². The zero-order valence-electron chi connectivity index (χ0n) is 18.4. The van der Waals surface area contributed by atoms with E-state index in [2.05, 4.69) is 21.4 Å². The van der Waals surface area contributed by atoms with E-state index < -0.39 is 11.8 Å². The highest BCUT2D eigenvalue weighted by atomic mass is 16.4. The van der Waals surface area contributed by atoms with Crippen LogP contribution in [0.1, 0.15) is 66.6 Å². The van der Waals surface area contributed by atoms with Crippen LogP contribution in [0.3, 0.4) is 0 Å². The Hall–Kier alpha value is -4.20. The average molecular weight is 444 g/mol. The average Bonchev–Trinajstić information content (AvgIpc) is 3.19. The molecule has 33 heavy (non-hydrogen) atoms. The Morgan fingerprint density at radius 3 is 2.21 bits per heavy atom. The van der Waals surface area contributed by atoms with Crippen molar-refractivity contribution >= 4 is 23.4 Å². The summed E-state index contributed by atoms with van der Waals surface area (Å²) in [6.45, 7) is 3.72. The Kier molecular flexibility index (Phi) is 6.35. The van der Waals surface area contributed by atoms with Crippen LogP contribution in [-0.2, 0) is 6.42 Å². The third-order valence-corrected chi connectivity index (χ3v) is 5.46. The summed E-state index contributed by atoms with van der Waals surface area (Å²) in [5, 5.41) is 4.33. The summed E-state index contributed by atoms with van der Waals surface area (Å²) in [4.78, 5) is 37.3. The van der Waals surface area contributed by atoms with Crippen molar-refractivity contribution in [3.05, 3.63) is 93.9 Å². The van der Waals surface area contributed by atoms with Crippen LogP contribution < -0.4 is 16.3 Å². The second kappa shape index (κ2) is 9.52. The number of furan rings is 1. The van der Waals surface area contributed by atoms with Gasteiger partial charge in [-0.25, -0.2) is 5.43 Å². The zero-order valence-corrected chi connectivity index (χ0v) is 18.4. The number of hydrazine groups is 1. The van der Waals surface area contributed by atoms with Gasteiger partial charge >= 0.3 is 5.91 Å². The van der Waals surface area contributed by atoms with Crippen molar-refractivity contribution in [1.82, 2.24) is 16.3 Å².